The van der Waals surface area contributed by atoms with Crippen LogP contribution in [-0.2, 0) is 13.0 Å². The molecule has 4 rings (SSSR count). The average Bonchev–Trinajstić information content (AvgIpc) is 3.03. The Hall–Kier alpha value is -1.99. The number of hydrogen-bond donors (Lipinski definition) is 4. The van der Waals surface area contributed by atoms with E-state index >= 15 is 0 Å². The number of nitrogens with one attached hydrogen (secondary N) is 4. The third-order valence-corrected chi connectivity index (χ3v) is 5.70. The summed E-state index contributed by atoms with van der Waals surface area (Å²) in [5.41, 5.74) is 12.7. The first kappa shape index (κ1) is 18.4. The van der Waals surface area contributed by atoms with Gasteiger partial charge in [0, 0.05) is 25.8 Å². The van der Waals surface area contributed by atoms with Crippen molar-refractivity contribution in [3.8, 4) is 0 Å². The lowest BCUT2D eigenvalue weighted by atomic mass is 9.96. The molecule has 27 heavy (non-hydrogen) atoms. The summed E-state index contributed by atoms with van der Waals surface area (Å²) in [6.45, 7) is 9.42. The molecule has 6 nitrogen and oxygen atoms in total. The van der Waals surface area contributed by atoms with Gasteiger partial charge in [0.15, 0.2) is 0 Å². The topological polar surface area (TPSA) is 64.2 Å². The van der Waals surface area contributed by atoms with Crippen LogP contribution in [0.3, 0.4) is 0 Å². The molecular weight excluding hydrogens is 404 g/mol. The molecule has 0 saturated heterocycles. The Morgan fingerprint density at radius 2 is 2.11 bits per heavy atom. The highest BCUT2D eigenvalue weighted by Gasteiger charge is 2.26. The molecule has 1 aromatic carbocycles. The standard InChI is InChI=1S/C20H27BrN6/c1-20(2,3)12-27-16-7-6-15(17(21)18(16)25-26-27)24-11-13-8-10-23-19-14(13)5-4-9-22-19/h6-8,10,24-26H,4-5,9,11-12H2,1-3H3,(H,22,23). The highest BCUT2D eigenvalue weighted by atomic mass is 79.9. The number of aromatic nitrogens is 1. The van der Waals surface area contributed by atoms with E-state index in [0.717, 1.165) is 59.8 Å². The van der Waals surface area contributed by atoms with Crippen LogP contribution in [0.2, 0.25) is 0 Å². The van der Waals surface area contributed by atoms with Crippen LogP contribution in [0, 0.1) is 5.41 Å². The van der Waals surface area contributed by atoms with Crippen molar-refractivity contribution in [2.45, 2.75) is 40.2 Å². The summed E-state index contributed by atoms with van der Waals surface area (Å²) in [5, 5.41) is 9.14. The molecule has 144 valence electrons. The van der Waals surface area contributed by atoms with Crippen LogP contribution in [0.4, 0.5) is 22.9 Å². The molecule has 0 fully saturated rings. The number of nitrogens with zero attached hydrogens (tertiary/aromatic N) is 2. The zero-order valence-corrected chi connectivity index (χ0v) is 17.7. The van der Waals surface area contributed by atoms with Gasteiger partial charge < -0.3 is 16.1 Å². The van der Waals surface area contributed by atoms with Crippen molar-refractivity contribution in [3.05, 3.63) is 40.0 Å². The van der Waals surface area contributed by atoms with Gasteiger partial charge in [-0.05, 0) is 63.5 Å². The Bertz CT molecular complexity index is 845. The van der Waals surface area contributed by atoms with E-state index in [0.29, 0.717) is 0 Å². The van der Waals surface area contributed by atoms with Gasteiger partial charge in [0.2, 0.25) is 0 Å². The highest BCUT2D eigenvalue weighted by molar-refractivity contribution is 9.10. The van der Waals surface area contributed by atoms with Crippen LogP contribution in [0.5, 0.6) is 0 Å². The van der Waals surface area contributed by atoms with Crippen molar-refractivity contribution < 1.29 is 0 Å². The van der Waals surface area contributed by atoms with Gasteiger partial charge in [0.25, 0.3) is 0 Å². The number of fused-ring (bicyclic) bond motifs is 2. The minimum absolute atomic E-state index is 0.203. The summed E-state index contributed by atoms with van der Waals surface area (Å²) < 4.78 is 1.05. The third kappa shape index (κ3) is 3.84. The van der Waals surface area contributed by atoms with Gasteiger partial charge in [-0.2, -0.15) is 0 Å². The smallest absolute Gasteiger partial charge is 0.129 e. The molecule has 0 atom stereocenters. The largest absolute Gasteiger partial charge is 0.380 e. The maximum absolute atomic E-state index is 4.47. The third-order valence-electron chi connectivity index (χ3n) is 4.88. The predicted molar refractivity (Wildman–Crippen MR) is 116 cm³/mol. The fourth-order valence-corrected chi connectivity index (χ4v) is 4.20. The zero-order chi connectivity index (χ0) is 19.0. The van der Waals surface area contributed by atoms with Gasteiger partial charge in [-0.1, -0.05) is 20.8 Å². The lowest BCUT2D eigenvalue weighted by Gasteiger charge is -2.27. The van der Waals surface area contributed by atoms with Crippen LogP contribution in [0.1, 0.15) is 38.3 Å². The number of anilines is 4. The molecule has 2 aromatic rings. The van der Waals surface area contributed by atoms with E-state index < -0.39 is 0 Å². The SMILES string of the molecule is CC(C)(C)CN1NNc2c1ccc(NCc1ccnc3c1CCCN3)c2Br. The van der Waals surface area contributed by atoms with E-state index in [-0.39, 0.29) is 5.41 Å². The second-order valence-electron chi connectivity index (χ2n) is 8.39. The zero-order valence-electron chi connectivity index (χ0n) is 16.1. The molecule has 4 N–H and O–H groups in total. The van der Waals surface area contributed by atoms with Gasteiger partial charge in [-0.3, -0.25) is 5.01 Å². The quantitative estimate of drug-likeness (QED) is 0.572. The first-order chi connectivity index (χ1) is 12.9. The monoisotopic (exact) mass is 430 g/mol. The molecule has 0 amide bonds. The Labute approximate surface area is 169 Å². The van der Waals surface area contributed by atoms with E-state index in [4.69, 9.17) is 0 Å². The maximum Gasteiger partial charge on any atom is 0.129 e. The lowest BCUT2D eigenvalue weighted by molar-refractivity contribution is 0.400. The fraction of sp³-hybridized carbons (Fsp3) is 0.450. The molecule has 0 radical (unpaired) electrons. The molecule has 0 bridgehead atoms. The van der Waals surface area contributed by atoms with Crippen LogP contribution in [0.15, 0.2) is 28.9 Å². The van der Waals surface area contributed by atoms with Crippen molar-refractivity contribution in [3.63, 3.8) is 0 Å². The Morgan fingerprint density at radius 3 is 2.93 bits per heavy atom. The number of hydrazine groups is 2. The molecule has 1 aromatic heterocycles. The van der Waals surface area contributed by atoms with E-state index in [9.17, 15) is 0 Å². The number of halogens is 1. The average molecular weight is 431 g/mol. The van der Waals surface area contributed by atoms with E-state index in [1.165, 1.54) is 11.1 Å². The van der Waals surface area contributed by atoms with Crippen molar-refractivity contribution in [1.29, 1.82) is 0 Å². The number of pyridine rings is 1. The lowest BCUT2D eigenvalue weighted by Crippen LogP contribution is -2.41. The van der Waals surface area contributed by atoms with E-state index in [1.807, 2.05) is 6.20 Å². The van der Waals surface area contributed by atoms with Crippen LogP contribution < -0.4 is 26.6 Å². The van der Waals surface area contributed by atoms with Crippen molar-refractivity contribution in [2.24, 2.45) is 5.41 Å². The van der Waals surface area contributed by atoms with Crippen molar-refractivity contribution in [2.75, 3.05) is 34.2 Å². The molecule has 2 aliphatic heterocycles. The maximum atomic E-state index is 4.47. The predicted octanol–water partition coefficient (Wildman–Crippen LogP) is 4.51. The van der Waals surface area contributed by atoms with Gasteiger partial charge >= 0.3 is 0 Å². The summed E-state index contributed by atoms with van der Waals surface area (Å²) >= 11 is 3.77. The number of benzene rings is 1. The van der Waals surface area contributed by atoms with Crippen LogP contribution in [-0.4, -0.2) is 18.1 Å². The molecule has 0 spiro atoms. The number of rotatable bonds is 4. The summed E-state index contributed by atoms with van der Waals surface area (Å²) in [6, 6.07) is 6.41. The molecule has 0 saturated carbocycles. The van der Waals surface area contributed by atoms with Gasteiger partial charge in [-0.15, -0.1) is 5.53 Å². The second-order valence-corrected chi connectivity index (χ2v) is 9.18. The Morgan fingerprint density at radius 1 is 1.26 bits per heavy atom. The molecule has 0 unspecified atom stereocenters. The molecular formula is C20H27BrN6. The van der Waals surface area contributed by atoms with E-state index in [2.05, 4.69) is 86.5 Å². The highest BCUT2D eigenvalue weighted by Crippen LogP contribution is 2.41. The number of hydrogen-bond acceptors (Lipinski definition) is 6. The summed E-state index contributed by atoms with van der Waals surface area (Å²) in [5.74, 6) is 1.04. The molecule has 0 aliphatic carbocycles. The molecule has 7 heteroatoms. The fourth-order valence-electron chi connectivity index (χ4n) is 3.62. The first-order valence-electron chi connectivity index (χ1n) is 9.48. The minimum Gasteiger partial charge on any atom is -0.380 e. The minimum atomic E-state index is 0.203. The summed E-state index contributed by atoms with van der Waals surface area (Å²) in [7, 11) is 0. The Kier molecular flexibility index (Phi) is 4.90. The molecule has 2 aliphatic rings. The normalized spacial score (nSPS) is 15.6. The van der Waals surface area contributed by atoms with Crippen LogP contribution in [0.25, 0.3) is 0 Å². The Balaban J connectivity index is 1.52. The summed E-state index contributed by atoms with van der Waals surface area (Å²) in [4.78, 5) is 4.47. The van der Waals surface area contributed by atoms with Crippen molar-refractivity contribution >= 4 is 38.8 Å². The van der Waals surface area contributed by atoms with Gasteiger partial charge in [-0.25, -0.2) is 4.98 Å². The summed E-state index contributed by atoms with van der Waals surface area (Å²) in [6.07, 6.45) is 4.14. The van der Waals surface area contributed by atoms with Gasteiger partial charge in [0.1, 0.15) is 5.82 Å². The van der Waals surface area contributed by atoms with E-state index in [1.54, 1.807) is 0 Å². The van der Waals surface area contributed by atoms with Gasteiger partial charge in [0.05, 0.1) is 21.5 Å². The molecule has 3 heterocycles. The first-order valence-corrected chi connectivity index (χ1v) is 10.3. The van der Waals surface area contributed by atoms with Crippen LogP contribution >= 0.6 is 15.9 Å². The second kappa shape index (κ2) is 7.20. The van der Waals surface area contributed by atoms with Crippen molar-refractivity contribution in [1.82, 2.24) is 10.5 Å².